The molecule has 43 heavy (non-hydrogen) atoms. The maximum atomic E-state index is 14.1. The molecule has 0 aliphatic carbocycles. The average Bonchev–Trinajstić information content (AvgIpc) is 2.99. The van der Waals surface area contributed by atoms with Gasteiger partial charge in [0, 0.05) is 28.0 Å². The molecule has 8 nitrogen and oxygen atoms in total. The highest BCUT2D eigenvalue weighted by Crippen LogP contribution is 2.29. The summed E-state index contributed by atoms with van der Waals surface area (Å²) in [5.74, 6) is -0.368. The van der Waals surface area contributed by atoms with Crippen molar-refractivity contribution >= 4 is 62.5 Å². The predicted molar refractivity (Wildman–Crippen MR) is 175 cm³/mol. The van der Waals surface area contributed by atoms with Gasteiger partial charge in [0.25, 0.3) is 10.0 Å². The van der Waals surface area contributed by atoms with Crippen LogP contribution in [0.15, 0.2) is 76.5 Å². The minimum atomic E-state index is -4.19. The zero-order valence-corrected chi connectivity index (χ0v) is 27.8. The van der Waals surface area contributed by atoms with Crippen LogP contribution in [0, 0.1) is 0 Å². The second-order valence-corrected chi connectivity index (χ2v) is 13.3. The van der Waals surface area contributed by atoms with Crippen molar-refractivity contribution in [1.29, 1.82) is 0 Å². The molecule has 3 aromatic carbocycles. The number of nitrogens with one attached hydrogen (secondary N) is 1. The smallest absolute Gasteiger partial charge is 0.264 e. The van der Waals surface area contributed by atoms with Crippen LogP contribution in [0.25, 0.3) is 0 Å². The molecule has 0 saturated carbocycles. The van der Waals surface area contributed by atoms with Crippen LogP contribution in [0.3, 0.4) is 0 Å². The molecular weight excluding hydrogens is 629 g/mol. The fourth-order valence-electron chi connectivity index (χ4n) is 4.23. The van der Waals surface area contributed by atoms with E-state index in [0.717, 1.165) is 22.0 Å². The summed E-state index contributed by atoms with van der Waals surface area (Å²) in [6, 6.07) is 16.9. The lowest BCUT2D eigenvalue weighted by Crippen LogP contribution is -2.51. The number of amides is 2. The van der Waals surface area contributed by atoms with Crippen LogP contribution in [0.1, 0.15) is 39.2 Å². The maximum absolute atomic E-state index is 14.1. The first-order chi connectivity index (χ1) is 20.5. The van der Waals surface area contributed by atoms with E-state index in [2.05, 4.69) is 5.32 Å². The highest BCUT2D eigenvalue weighted by atomic mass is 35.5. The van der Waals surface area contributed by atoms with Crippen molar-refractivity contribution in [2.24, 2.45) is 0 Å². The van der Waals surface area contributed by atoms with E-state index >= 15 is 0 Å². The van der Waals surface area contributed by atoms with E-state index in [9.17, 15) is 18.0 Å². The molecule has 3 rings (SSSR count). The van der Waals surface area contributed by atoms with Crippen LogP contribution in [0.4, 0.5) is 5.69 Å². The van der Waals surface area contributed by atoms with Crippen LogP contribution >= 0.6 is 35.0 Å². The van der Waals surface area contributed by atoms with Gasteiger partial charge in [0.2, 0.25) is 11.8 Å². The van der Waals surface area contributed by atoms with E-state index in [-0.39, 0.29) is 23.0 Å². The molecule has 232 valence electrons. The Kier molecular flexibility index (Phi) is 13.1. The van der Waals surface area contributed by atoms with Gasteiger partial charge in [0.05, 0.1) is 17.2 Å². The van der Waals surface area contributed by atoms with Crippen molar-refractivity contribution < 1.29 is 22.7 Å². The molecule has 0 aliphatic heterocycles. The van der Waals surface area contributed by atoms with Crippen LogP contribution < -0.4 is 14.4 Å². The van der Waals surface area contributed by atoms with Crippen LogP contribution in [0.2, 0.25) is 10.0 Å². The predicted octanol–water partition coefficient (Wildman–Crippen LogP) is 6.64. The van der Waals surface area contributed by atoms with Gasteiger partial charge in [-0.25, -0.2) is 8.42 Å². The van der Waals surface area contributed by atoms with Crippen molar-refractivity contribution in [1.82, 2.24) is 10.2 Å². The summed E-state index contributed by atoms with van der Waals surface area (Å²) in [6.07, 6.45) is 3.58. The van der Waals surface area contributed by atoms with E-state index in [1.54, 1.807) is 61.5 Å². The molecule has 0 unspecified atom stereocenters. The van der Waals surface area contributed by atoms with Gasteiger partial charge in [-0.1, -0.05) is 42.6 Å². The summed E-state index contributed by atoms with van der Waals surface area (Å²) in [6.45, 7) is 5.79. The molecule has 0 saturated heterocycles. The number of ether oxygens (including phenoxy) is 1. The third-order valence-corrected chi connectivity index (χ3v) is 9.83. The van der Waals surface area contributed by atoms with E-state index in [1.165, 1.54) is 28.8 Å². The number of rotatable bonds is 15. The SMILES string of the molecule is CCCCNC(=O)[C@@H](C)N(Cc1ccc(Cl)cc1Cl)C(=O)CN(c1ccc(OCC)cc1)S(=O)(=O)c1ccc(SC)cc1. The zero-order valence-electron chi connectivity index (χ0n) is 24.7. The first-order valence-electron chi connectivity index (χ1n) is 13.9. The number of halogens is 2. The molecule has 0 radical (unpaired) electrons. The van der Waals surface area contributed by atoms with Crippen molar-refractivity contribution in [3.05, 3.63) is 82.3 Å². The largest absolute Gasteiger partial charge is 0.494 e. The number of sulfonamides is 1. The minimum absolute atomic E-state index is 0.0310. The summed E-state index contributed by atoms with van der Waals surface area (Å²) >= 11 is 14.0. The van der Waals surface area contributed by atoms with Crippen molar-refractivity contribution in [2.45, 2.75) is 56.0 Å². The Balaban J connectivity index is 2.03. The Bertz CT molecular complexity index is 1490. The molecule has 0 aromatic heterocycles. The first-order valence-corrected chi connectivity index (χ1v) is 17.3. The fraction of sp³-hybridized carbons (Fsp3) is 0.355. The third kappa shape index (κ3) is 9.28. The van der Waals surface area contributed by atoms with Gasteiger partial charge in [-0.05, 0) is 92.8 Å². The number of benzene rings is 3. The molecule has 0 bridgehead atoms. The number of anilines is 1. The van der Waals surface area contributed by atoms with Gasteiger partial charge in [-0.15, -0.1) is 11.8 Å². The number of nitrogens with zero attached hydrogens (tertiary/aromatic N) is 2. The van der Waals surface area contributed by atoms with Gasteiger partial charge in [0.15, 0.2) is 0 Å². The van der Waals surface area contributed by atoms with Gasteiger partial charge >= 0.3 is 0 Å². The Morgan fingerprint density at radius 3 is 2.26 bits per heavy atom. The summed E-state index contributed by atoms with van der Waals surface area (Å²) in [7, 11) is -4.19. The van der Waals surface area contributed by atoms with Crippen LogP contribution in [0.5, 0.6) is 5.75 Å². The van der Waals surface area contributed by atoms with Gasteiger partial charge in [0.1, 0.15) is 18.3 Å². The number of thioether (sulfide) groups is 1. The van der Waals surface area contributed by atoms with Crippen molar-refractivity contribution in [3.8, 4) is 5.75 Å². The molecular formula is C31H37Cl2N3O5S2. The molecule has 0 heterocycles. The normalized spacial score (nSPS) is 12.0. The Morgan fingerprint density at radius 1 is 1.00 bits per heavy atom. The number of hydrogen-bond donors (Lipinski definition) is 1. The fourth-order valence-corrected chi connectivity index (χ4v) is 6.52. The molecule has 0 spiro atoms. The lowest BCUT2D eigenvalue weighted by molar-refractivity contribution is -0.139. The van der Waals surface area contributed by atoms with Gasteiger partial charge in [-0.3, -0.25) is 13.9 Å². The first kappa shape index (κ1) is 34.6. The summed E-state index contributed by atoms with van der Waals surface area (Å²) in [5, 5.41) is 3.62. The number of carbonyl (C=O) groups is 2. The lowest BCUT2D eigenvalue weighted by Gasteiger charge is -2.32. The summed E-state index contributed by atoms with van der Waals surface area (Å²) in [5.41, 5.74) is 0.839. The standard InChI is InChI=1S/C31H37Cl2N3O5S2/c1-5-7-18-34-31(38)22(3)35(20-23-8-9-24(32)19-29(23)33)30(37)21-36(25-10-12-26(13-11-25)41-6-2)43(39,40)28-16-14-27(42-4)15-17-28/h8-17,19,22H,5-7,18,20-21H2,1-4H3,(H,34,38)/t22-/m1/s1. The van der Waals surface area contributed by atoms with Gasteiger partial charge in [-0.2, -0.15) is 0 Å². The second-order valence-electron chi connectivity index (χ2n) is 9.69. The molecule has 1 N–H and O–H groups in total. The molecule has 1 atom stereocenters. The molecule has 0 fully saturated rings. The average molecular weight is 667 g/mol. The minimum Gasteiger partial charge on any atom is -0.494 e. The second kappa shape index (κ2) is 16.2. The molecule has 3 aromatic rings. The molecule has 2 amide bonds. The van der Waals surface area contributed by atoms with Crippen LogP contribution in [-0.2, 0) is 26.2 Å². The highest BCUT2D eigenvalue weighted by Gasteiger charge is 2.33. The number of hydrogen-bond acceptors (Lipinski definition) is 6. The van der Waals surface area contributed by atoms with E-state index < -0.39 is 28.5 Å². The van der Waals surface area contributed by atoms with E-state index in [1.807, 2.05) is 20.1 Å². The Hall–Kier alpha value is -2.92. The topological polar surface area (TPSA) is 96.0 Å². The van der Waals surface area contributed by atoms with Crippen LogP contribution in [-0.4, -0.2) is 57.1 Å². The quantitative estimate of drug-likeness (QED) is 0.144. The Morgan fingerprint density at radius 2 is 1.67 bits per heavy atom. The van der Waals surface area contributed by atoms with E-state index in [4.69, 9.17) is 27.9 Å². The third-order valence-electron chi connectivity index (χ3n) is 6.71. The summed E-state index contributed by atoms with van der Waals surface area (Å²) < 4.78 is 34.6. The van der Waals surface area contributed by atoms with Gasteiger partial charge < -0.3 is 15.0 Å². The maximum Gasteiger partial charge on any atom is 0.264 e. The van der Waals surface area contributed by atoms with Crippen molar-refractivity contribution in [3.63, 3.8) is 0 Å². The molecule has 12 heteroatoms. The van der Waals surface area contributed by atoms with Crippen molar-refractivity contribution in [2.75, 3.05) is 30.3 Å². The summed E-state index contributed by atoms with van der Waals surface area (Å²) in [4.78, 5) is 29.5. The Labute approximate surface area is 268 Å². The molecule has 0 aliphatic rings. The lowest BCUT2D eigenvalue weighted by atomic mass is 10.1. The van der Waals surface area contributed by atoms with E-state index in [0.29, 0.717) is 34.5 Å². The number of unbranched alkanes of at least 4 members (excludes halogenated alkanes) is 1. The number of carbonyl (C=O) groups excluding carboxylic acids is 2. The monoisotopic (exact) mass is 665 g/mol. The highest BCUT2D eigenvalue weighted by molar-refractivity contribution is 7.98. The zero-order chi connectivity index (χ0) is 31.6.